The minimum absolute atomic E-state index is 0.00860. The molecule has 0 saturated carbocycles. The third kappa shape index (κ3) is 8.62. The molecule has 0 bridgehead atoms. The van der Waals surface area contributed by atoms with E-state index in [9.17, 15) is 31.5 Å². The fourth-order valence-corrected chi connectivity index (χ4v) is 4.58. The first kappa shape index (κ1) is 31.9. The molecule has 0 fully saturated rings. The summed E-state index contributed by atoms with van der Waals surface area (Å²) in [4.78, 5) is 22.7. The maximum atomic E-state index is 12.7. The van der Waals surface area contributed by atoms with E-state index in [1.165, 1.54) is 25.3 Å². The Hall–Kier alpha value is -4.27. The topological polar surface area (TPSA) is 151 Å². The molecule has 0 unspecified atom stereocenters. The van der Waals surface area contributed by atoms with Crippen molar-refractivity contribution in [3.05, 3.63) is 65.5 Å². The number of alkyl halides is 3. The summed E-state index contributed by atoms with van der Waals surface area (Å²) >= 11 is 0. The van der Waals surface area contributed by atoms with Gasteiger partial charge in [0.2, 0.25) is 0 Å². The average molecular weight is 587 g/mol. The monoisotopic (exact) mass is 586 g/mol. The molecule has 2 aromatic carbocycles. The molecule has 0 atom stereocenters. The molecule has 15 heteroatoms. The van der Waals surface area contributed by atoms with E-state index in [0.717, 1.165) is 24.4 Å². The van der Waals surface area contributed by atoms with Crippen molar-refractivity contribution < 1.29 is 46.1 Å². The van der Waals surface area contributed by atoms with Gasteiger partial charge in [-0.3, -0.25) is 9.40 Å². The van der Waals surface area contributed by atoms with E-state index in [1.54, 1.807) is 31.3 Å². The molecular formula is C25H29F3N4O7S. The van der Waals surface area contributed by atoms with Gasteiger partial charge in [0.25, 0.3) is 10.0 Å². The van der Waals surface area contributed by atoms with Crippen LogP contribution in [0.2, 0.25) is 0 Å². The average Bonchev–Trinajstić information content (AvgIpc) is 3.21. The molecule has 40 heavy (non-hydrogen) atoms. The number of nitrogens with one attached hydrogen (secondary N) is 1. The SMILES string of the molecule is CCCn1nc(C)cc1CN(C)c1ccc(NS(=O)(=O)c2ccc(OC)cc2)cc1C(=O)O.O=C(O)C(F)(F)F. The Bertz CT molecular complexity index is 1440. The highest BCUT2D eigenvalue weighted by Gasteiger charge is 2.38. The van der Waals surface area contributed by atoms with Gasteiger partial charge >= 0.3 is 18.1 Å². The maximum Gasteiger partial charge on any atom is 0.490 e. The van der Waals surface area contributed by atoms with Crippen LogP contribution in [0, 0.1) is 6.92 Å². The zero-order valence-corrected chi connectivity index (χ0v) is 22.9. The number of benzene rings is 2. The van der Waals surface area contributed by atoms with Crippen molar-refractivity contribution >= 4 is 33.3 Å². The number of ether oxygens (including phenoxy) is 1. The third-order valence-electron chi connectivity index (χ3n) is 5.32. The van der Waals surface area contributed by atoms with Gasteiger partial charge in [0.05, 0.1) is 41.2 Å². The Morgan fingerprint density at radius 3 is 2.20 bits per heavy atom. The maximum absolute atomic E-state index is 12.7. The Labute approximate surface area is 228 Å². The lowest BCUT2D eigenvalue weighted by Crippen LogP contribution is -2.22. The zero-order valence-electron chi connectivity index (χ0n) is 22.1. The number of aliphatic carboxylic acids is 1. The fraction of sp³-hybridized carbons (Fsp3) is 0.320. The summed E-state index contributed by atoms with van der Waals surface area (Å²) in [5.74, 6) is -3.38. The minimum atomic E-state index is -5.08. The third-order valence-corrected chi connectivity index (χ3v) is 6.72. The van der Waals surface area contributed by atoms with Crippen LogP contribution in [0.25, 0.3) is 0 Å². The van der Waals surface area contributed by atoms with Crippen molar-refractivity contribution in [1.82, 2.24) is 9.78 Å². The van der Waals surface area contributed by atoms with Crippen LogP contribution in [0.1, 0.15) is 35.1 Å². The first-order valence-corrected chi connectivity index (χ1v) is 13.2. The number of nitrogens with zero attached hydrogens (tertiary/aromatic N) is 3. The van der Waals surface area contributed by atoms with Crippen LogP contribution in [-0.4, -0.2) is 60.7 Å². The van der Waals surface area contributed by atoms with E-state index < -0.39 is 28.1 Å². The molecule has 0 amide bonds. The summed E-state index contributed by atoms with van der Waals surface area (Å²) in [5.41, 5.74) is 2.49. The van der Waals surface area contributed by atoms with E-state index >= 15 is 0 Å². The van der Waals surface area contributed by atoms with Crippen molar-refractivity contribution in [2.24, 2.45) is 0 Å². The van der Waals surface area contributed by atoms with Gasteiger partial charge in [0, 0.05) is 19.3 Å². The van der Waals surface area contributed by atoms with Crippen LogP contribution in [0.3, 0.4) is 0 Å². The molecule has 11 nitrogen and oxygen atoms in total. The Balaban J connectivity index is 0.000000708. The van der Waals surface area contributed by atoms with Gasteiger partial charge in [0.15, 0.2) is 0 Å². The normalized spacial score (nSPS) is 11.3. The summed E-state index contributed by atoms with van der Waals surface area (Å²) in [5, 5.41) is 21.4. The fourth-order valence-electron chi connectivity index (χ4n) is 3.53. The molecule has 3 rings (SSSR count). The van der Waals surface area contributed by atoms with Crippen molar-refractivity contribution in [2.75, 3.05) is 23.8 Å². The molecule has 0 spiro atoms. The van der Waals surface area contributed by atoms with Crippen LogP contribution >= 0.6 is 0 Å². The number of carboxylic acids is 2. The first-order chi connectivity index (χ1) is 18.6. The highest BCUT2D eigenvalue weighted by atomic mass is 32.2. The number of methoxy groups -OCH3 is 1. The highest BCUT2D eigenvalue weighted by Crippen LogP contribution is 2.27. The summed E-state index contributed by atoms with van der Waals surface area (Å²) < 4.78 is 66.6. The second-order valence-corrected chi connectivity index (χ2v) is 10.2. The van der Waals surface area contributed by atoms with E-state index in [2.05, 4.69) is 16.7 Å². The van der Waals surface area contributed by atoms with E-state index in [0.29, 0.717) is 18.0 Å². The molecule has 1 aromatic heterocycles. The van der Waals surface area contributed by atoms with Crippen molar-refractivity contribution in [2.45, 2.75) is 44.4 Å². The number of aryl methyl sites for hydroxylation is 2. The predicted octanol–water partition coefficient (Wildman–Crippen LogP) is 4.38. The van der Waals surface area contributed by atoms with Crippen LogP contribution in [0.15, 0.2) is 53.4 Å². The van der Waals surface area contributed by atoms with E-state index in [1.807, 2.05) is 22.6 Å². The van der Waals surface area contributed by atoms with Crippen molar-refractivity contribution in [3.8, 4) is 5.75 Å². The molecule has 3 N–H and O–H groups in total. The summed E-state index contributed by atoms with van der Waals surface area (Å²) in [7, 11) is -0.609. The molecule has 3 aromatic rings. The molecule has 0 aliphatic rings. The van der Waals surface area contributed by atoms with Crippen LogP contribution < -0.4 is 14.4 Å². The number of hydrogen-bond acceptors (Lipinski definition) is 7. The van der Waals surface area contributed by atoms with Crippen molar-refractivity contribution in [3.63, 3.8) is 0 Å². The smallest absolute Gasteiger partial charge is 0.490 e. The van der Waals surface area contributed by atoms with Gasteiger partial charge in [-0.1, -0.05) is 6.92 Å². The van der Waals surface area contributed by atoms with Crippen LogP contribution in [0.5, 0.6) is 5.75 Å². The number of carbonyl (C=O) groups is 2. The molecule has 1 heterocycles. The molecular weight excluding hydrogens is 557 g/mol. The van der Waals surface area contributed by atoms with Gasteiger partial charge in [-0.05, 0) is 61.9 Å². The Morgan fingerprint density at radius 2 is 1.70 bits per heavy atom. The quantitative estimate of drug-likeness (QED) is 0.314. The summed E-state index contributed by atoms with van der Waals surface area (Å²) in [6.45, 7) is 5.22. The molecule has 0 aliphatic carbocycles. The number of aromatic nitrogens is 2. The lowest BCUT2D eigenvalue weighted by Gasteiger charge is -2.22. The van der Waals surface area contributed by atoms with E-state index in [4.69, 9.17) is 14.6 Å². The van der Waals surface area contributed by atoms with E-state index in [-0.39, 0.29) is 16.1 Å². The zero-order chi connectivity index (χ0) is 30.3. The van der Waals surface area contributed by atoms with Gasteiger partial charge < -0.3 is 19.8 Å². The number of rotatable bonds is 10. The standard InChI is InChI=1S/C23H28N4O5S.C2HF3O2/c1-5-12-27-18(13-16(2)24-27)15-26(3)22-11-6-17(14-21(22)23(28)29)25-33(30,31)20-9-7-19(32-4)8-10-20;3-2(4,5)1(6)7/h6-11,13-14,25H,5,12,15H2,1-4H3,(H,28,29);(H,6,7). The number of carboxylic acid groups (broad SMARTS) is 2. The largest absolute Gasteiger partial charge is 0.497 e. The summed E-state index contributed by atoms with van der Waals surface area (Å²) in [6.07, 6.45) is -4.15. The molecule has 0 aliphatic heterocycles. The minimum Gasteiger partial charge on any atom is -0.497 e. The lowest BCUT2D eigenvalue weighted by molar-refractivity contribution is -0.192. The molecule has 0 saturated heterocycles. The second-order valence-electron chi connectivity index (χ2n) is 8.48. The number of halogens is 3. The summed E-state index contributed by atoms with van der Waals surface area (Å²) in [6, 6.07) is 12.4. The number of sulfonamides is 1. The lowest BCUT2D eigenvalue weighted by atomic mass is 10.1. The van der Waals surface area contributed by atoms with Crippen LogP contribution in [-0.2, 0) is 27.9 Å². The Morgan fingerprint density at radius 1 is 1.10 bits per heavy atom. The molecule has 218 valence electrons. The van der Waals surface area contributed by atoms with Gasteiger partial charge in [-0.15, -0.1) is 0 Å². The first-order valence-electron chi connectivity index (χ1n) is 11.7. The highest BCUT2D eigenvalue weighted by molar-refractivity contribution is 7.92. The number of anilines is 2. The van der Waals surface area contributed by atoms with Crippen LogP contribution in [0.4, 0.5) is 24.5 Å². The second kappa shape index (κ2) is 13.2. The van der Waals surface area contributed by atoms with Gasteiger partial charge in [-0.2, -0.15) is 18.3 Å². The van der Waals surface area contributed by atoms with Crippen molar-refractivity contribution in [1.29, 1.82) is 0 Å². The van der Waals surface area contributed by atoms with Gasteiger partial charge in [-0.25, -0.2) is 18.0 Å². The number of aromatic carboxylic acids is 1. The molecule has 0 radical (unpaired) electrons. The Kier molecular flexibility index (Phi) is 10.5. The predicted molar refractivity (Wildman–Crippen MR) is 140 cm³/mol. The van der Waals surface area contributed by atoms with Gasteiger partial charge in [0.1, 0.15) is 5.75 Å². The number of hydrogen-bond donors (Lipinski definition) is 3.